The molecule has 0 fully saturated rings. The second kappa shape index (κ2) is 6.30. The lowest BCUT2D eigenvalue weighted by Gasteiger charge is -2.18. The maximum atomic E-state index is 13.2. The maximum Gasteiger partial charge on any atom is 0.241 e. The van der Waals surface area contributed by atoms with E-state index >= 15 is 0 Å². The van der Waals surface area contributed by atoms with Crippen LogP contribution in [-0.2, 0) is 4.79 Å². The van der Waals surface area contributed by atoms with Crippen molar-refractivity contribution in [3.8, 4) is 0 Å². The molecule has 20 heavy (non-hydrogen) atoms. The van der Waals surface area contributed by atoms with Crippen LogP contribution in [0.3, 0.4) is 0 Å². The van der Waals surface area contributed by atoms with Gasteiger partial charge in [-0.2, -0.15) is 0 Å². The molecular formula is C16H17FN2O. The van der Waals surface area contributed by atoms with E-state index in [9.17, 15) is 9.18 Å². The van der Waals surface area contributed by atoms with E-state index in [-0.39, 0.29) is 17.8 Å². The Kier molecular flexibility index (Phi) is 4.48. The summed E-state index contributed by atoms with van der Waals surface area (Å²) in [4.78, 5) is 12.1. The molecule has 0 aliphatic heterocycles. The van der Waals surface area contributed by atoms with E-state index in [1.54, 1.807) is 31.2 Å². The summed E-state index contributed by atoms with van der Waals surface area (Å²) in [7, 11) is 0. The molecule has 0 aliphatic rings. The zero-order valence-electron chi connectivity index (χ0n) is 11.2. The molecule has 3 nitrogen and oxygen atoms in total. The summed E-state index contributed by atoms with van der Waals surface area (Å²) in [6, 6.07) is 14.3. The summed E-state index contributed by atoms with van der Waals surface area (Å²) in [6.07, 6.45) is 0. The third kappa shape index (κ3) is 3.42. The molecule has 104 valence electrons. The van der Waals surface area contributed by atoms with Crippen molar-refractivity contribution >= 4 is 5.91 Å². The number of benzene rings is 2. The minimum absolute atomic E-state index is 0.284. The van der Waals surface area contributed by atoms with Crippen LogP contribution in [0.4, 0.5) is 4.39 Å². The van der Waals surface area contributed by atoms with Gasteiger partial charge in [-0.3, -0.25) is 4.79 Å². The Hall–Kier alpha value is -2.20. The van der Waals surface area contributed by atoms with Crippen molar-refractivity contribution in [2.24, 2.45) is 5.73 Å². The summed E-state index contributed by atoms with van der Waals surface area (Å²) < 4.78 is 13.2. The maximum absolute atomic E-state index is 13.2. The molecule has 0 aliphatic carbocycles. The fourth-order valence-corrected chi connectivity index (χ4v) is 1.97. The first-order valence-corrected chi connectivity index (χ1v) is 6.44. The smallest absolute Gasteiger partial charge is 0.241 e. The molecule has 0 radical (unpaired) electrons. The monoisotopic (exact) mass is 272 g/mol. The summed E-state index contributed by atoms with van der Waals surface area (Å²) in [5.41, 5.74) is 7.36. The molecule has 1 amide bonds. The van der Waals surface area contributed by atoms with Crippen LogP contribution in [0, 0.1) is 5.82 Å². The minimum atomic E-state index is -0.729. The second-order valence-corrected chi connectivity index (χ2v) is 4.67. The van der Waals surface area contributed by atoms with Gasteiger partial charge in [0.25, 0.3) is 0 Å². The van der Waals surface area contributed by atoms with E-state index in [4.69, 9.17) is 5.73 Å². The number of rotatable bonds is 4. The highest BCUT2D eigenvalue weighted by Gasteiger charge is 2.18. The van der Waals surface area contributed by atoms with E-state index in [1.807, 2.05) is 18.2 Å². The van der Waals surface area contributed by atoms with Crippen LogP contribution >= 0.6 is 0 Å². The van der Waals surface area contributed by atoms with Crippen LogP contribution in [0.15, 0.2) is 54.6 Å². The van der Waals surface area contributed by atoms with Gasteiger partial charge in [0.1, 0.15) is 11.9 Å². The molecule has 0 heterocycles. The Bertz CT molecular complexity index is 586. The molecule has 0 unspecified atom stereocenters. The summed E-state index contributed by atoms with van der Waals surface area (Å²) in [5, 5.41) is 2.79. The van der Waals surface area contributed by atoms with Gasteiger partial charge in [0.05, 0.1) is 6.04 Å². The normalized spacial score (nSPS) is 13.6. The van der Waals surface area contributed by atoms with Gasteiger partial charge in [-0.25, -0.2) is 4.39 Å². The van der Waals surface area contributed by atoms with Crippen LogP contribution in [-0.4, -0.2) is 5.91 Å². The largest absolute Gasteiger partial charge is 0.348 e. The Labute approximate surface area is 117 Å². The second-order valence-electron chi connectivity index (χ2n) is 4.67. The van der Waals surface area contributed by atoms with Crippen molar-refractivity contribution in [2.45, 2.75) is 19.0 Å². The van der Waals surface area contributed by atoms with Crippen LogP contribution in [0.25, 0.3) is 0 Å². The number of halogens is 1. The first kappa shape index (κ1) is 14.2. The first-order chi connectivity index (χ1) is 9.58. The fraction of sp³-hybridized carbons (Fsp3) is 0.188. The topological polar surface area (TPSA) is 55.1 Å². The number of hydrogen-bond donors (Lipinski definition) is 2. The van der Waals surface area contributed by atoms with Crippen LogP contribution < -0.4 is 11.1 Å². The lowest BCUT2D eigenvalue weighted by molar-refractivity contribution is -0.123. The van der Waals surface area contributed by atoms with Crippen molar-refractivity contribution in [1.29, 1.82) is 0 Å². The quantitative estimate of drug-likeness (QED) is 0.899. The average molecular weight is 272 g/mol. The molecule has 2 atom stereocenters. The predicted octanol–water partition coefficient (Wildman–Crippen LogP) is 2.70. The van der Waals surface area contributed by atoms with Crippen LogP contribution in [0.5, 0.6) is 0 Å². The number of nitrogens with two attached hydrogens (primary N) is 1. The number of amides is 1. The molecule has 4 heteroatoms. The molecule has 3 N–H and O–H groups in total. The van der Waals surface area contributed by atoms with E-state index in [1.165, 1.54) is 12.1 Å². The van der Waals surface area contributed by atoms with Gasteiger partial charge in [0.15, 0.2) is 0 Å². The van der Waals surface area contributed by atoms with Gasteiger partial charge in [-0.1, -0.05) is 42.5 Å². The highest BCUT2D eigenvalue weighted by atomic mass is 19.1. The third-order valence-electron chi connectivity index (χ3n) is 3.15. The zero-order chi connectivity index (χ0) is 14.5. The summed E-state index contributed by atoms with van der Waals surface area (Å²) in [6.45, 7) is 1.80. The Balaban J connectivity index is 2.04. The SMILES string of the molecule is C[C@@H](NC(=O)[C@H](N)c1ccccc1)c1cccc(F)c1. The van der Waals surface area contributed by atoms with E-state index < -0.39 is 6.04 Å². The standard InChI is InChI=1S/C16H17FN2O/c1-11(13-8-5-9-14(17)10-13)19-16(20)15(18)12-6-3-2-4-7-12/h2-11,15H,18H2,1H3,(H,19,20)/t11-,15-/m1/s1. The predicted molar refractivity (Wildman–Crippen MR) is 76.3 cm³/mol. The van der Waals surface area contributed by atoms with E-state index in [0.717, 1.165) is 5.56 Å². The molecule has 0 aromatic heterocycles. The molecule has 2 rings (SSSR count). The van der Waals surface area contributed by atoms with Gasteiger partial charge in [-0.05, 0) is 30.2 Å². The average Bonchev–Trinajstić information content (AvgIpc) is 2.47. The Morgan fingerprint density at radius 2 is 1.75 bits per heavy atom. The number of nitrogens with one attached hydrogen (secondary N) is 1. The lowest BCUT2D eigenvalue weighted by Crippen LogP contribution is -2.35. The lowest BCUT2D eigenvalue weighted by atomic mass is 10.0. The highest BCUT2D eigenvalue weighted by molar-refractivity contribution is 5.83. The van der Waals surface area contributed by atoms with Gasteiger partial charge in [0.2, 0.25) is 5.91 Å². The van der Waals surface area contributed by atoms with E-state index in [2.05, 4.69) is 5.32 Å². The zero-order valence-corrected chi connectivity index (χ0v) is 11.2. The van der Waals surface area contributed by atoms with Gasteiger partial charge in [-0.15, -0.1) is 0 Å². The van der Waals surface area contributed by atoms with Crippen molar-refractivity contribution < 1.29 is 9.18 Å². The highest BCUT2D eigenvalue weighted by Crippen LogP contribution is 2.16. The van der Waals surface area contributed by atoms with Crippen LogP contribution in [0.1, 0.15) is 30.1 Å². The Morgan fingerprint density at radius 1 is 1.10 bits per heavy atom. The number of hydrogen-bond acceptors (Lipinski definition) is 2. The summed E-state index contributed by atoms with van der Waals surface area (Å²) in [5.74, 6) is -0.607. The minimum Gasteiger partial charge on any atom is -0.348 e. The third-order valence-corrected chi connectivity index (χ3v) is 3.15. The van der Waals surface area contributed by atoms with E-state index in [0.29, 0.717) is 5.56 Å². The number of carbonyl (C=O) groups excluding carboxylic acids is 1. The molecule has 0 saturated heterocycles. The fourth-order valence-electron chi connectivity index (χ4n) is 1.97. The van der Waals surface area contributed by atoms with Gasteiger partial charge < -0.3 is 11.1 Å². The first-order valence-electron chi connectivity index (χ1n) is 6.44. The van der Waals surface area contributed by atoms with Crippen LogP contribution in [0.2, 0.25) is 0 Å². The Morgan fingerprint density at radius 3 is 2.40 bits per heavy atom. The molecular weight excluding hydrogens is 255 g/mol. The van der Waals surface area contributed by atoms with Gasteiger partial charge >= 0.3 is 0 Å². The summed E-state index contributed by atoms with van der Waals surface area (Å²) >= 11 is 0. The van der Waals surface area contributed by atoms with Crippen molar-refractivity contribution in [2.75, 3.05) is 0 Å². The van der Waals surface area contributed by atoms with Crippen molar-refractivity contribution in [3.63, 3.8) is 0 Å². The molecule has 0 saturated carbocycles. The number of carbonyl (C=O) groups is 1. The van der Waals surface area contributed by atoms with Crippen molar-refractivity contribution in [1.82, 2.24) is 5.32 Å². The van der Waals surface area contributed by atoms with Crippen molar-refractivity contribution in [3.05, 3.63) is 71.5 Å². The molecule has 0 spiro atoms. The van der Waals surface area contributed by atoms with Gasteiger partial charge in [0, 0.05) is 0 Å². The molecule has 2 aromatic rings. The molecule has 2 aromatic carbocycles. The molecule has 0 bridgehead atoms.